The predicted molar refractivity (Wildman–Crippen MR) is 90.5 cm³/mol. The highest BCUT2D eigenvalue weighted by molar-refractivity contribution is 8.10. The topological polar surface area (TPSA) is 20.2 Å². The molecule has 0 fully saturated rings. The quantitative estimate of drug-likeness (QED) is 0.728. The molecule has 0 amide bonds. The first-order valence-electron chi connectivity index (χ1n) is 6.45. The van der Waals surface area contributed by atoms with E-state index in [9.17, 15) is 5.11 Å². The lowest BCUT2D eigenvalue weighted by Crippen LogP contribution is -2.11. The summed E-state index contributed by atoms with van der Waals surface area (Å²) in [6.07, 6.45) is 2.12. The maximum absolute atomic E-state index is 9.66. The highest BCUT2D eigenvalue weighted by Gasteiger charge is 2.11. The average molecular weight is 296 g/mol. The number of aliphatic hydroxyl groups is 1. The highest BCUT2D eigenvalue weighted by atomic mass is 32.2. The Morgan fingerprint density at radius 1 is 1.05 bits per heavy atom. The SMILES string of the molecule is OCC1=c2c(cccc3c2cc2cccsc23)C=CS1. The number of rotatable bonds is 1. The van der Waals surface area contributed by atoms with Gasteiger partial charge in [-0.05, 0) is 39.3 Å². The molecule has 1 aliphatic rings. The average Bonchev–Trinajstić information content (AvgIpc) is 2.75. The Morgan fingerprint density at radius 3 is 2.90 bits per heavy atom. The fraction of sp³-hybridized carbons (Fsp3) is 0.0588. The molecule has 2 aromatic carbocycles. The Kier molecular flexibility index (Phi) is 2.91. The molecule has 1 nitrogen and oxygen atoms in total. The van der Waals surface area contributed by atoms with Crippen LogP contribution in [0.3, 0.4) is 0 Å². The number of fused-ring (bicyclic) bond motifs is 5. The summed E-state index contributed by atoms with van der Waals surface area (Å²) in [6, 6.07) is 12.9. The molecular formula is C17H12OS2. The molecule has 1 aromatic heterocycles. The van der Waals surface area contributed by atoms with Crippen molar-refractivity contribution in [2.45, 2.75) is 0 Å². The summed E-state index contributed by atoms with van der Waals surface area (Å²) < 4.78 is 1.32. The molecular weight excluding hydrogens is 284 g/mol. The van der Waals surface area contributed by atoms with E-state index < -0.39 is 0 Å². The minimum Gasteiger partial charge on any atom is -0.391 e. The molecule has 1 N–H and O–H groups in total. The molecule has 2 heterocycles. The first kappa shape index (κ1) is 12.2. The van der Waals surface area contributed by atoms with E-state index in [0.717, 1.165) is 4.91 Å². The highest BCUT2D eigenvalue weighted by Crippen LogP contribution is 2.31. The van der Waals surface area contributed by atoms with Crippen molar-refractivity contribution in [1.82, 2.24) is 0 Å². The van der Waals surface area contributed by atoms with Crippen LogP contribution in [0, 0.1) is 0 Å². The number of hydrogen-bond acceptors (Lipinski definition) is 3. The largest absolute Gasteiger partial charge is 0.391 e. The van der Waals surface area contributed by atoms with Crippen LogP contribution in [0.25, 0.3) is 31.8 Å². The van der Waals surface area contributed by atoms with Gasteiger partial charge in [0.25, 0.3) is 0 Å². The van der Waals surface area contributed by atoms with Gasteiger partial charge >= 0.3 is 0 Å². The van der Waals surface area contributed by atoms with Crippen LogP contribution < -0.4 is 5.22 Å². The smallest absolute Gasteiger partial charge is 0.0750 e. The summed E-state index contributed by atoms with van der Waals surface area (Å²) in [6.45, 7) is 0.0894. The lowest BCUT2D eigenvalue weighted by atomic mass is 10.1. The molecule has 4 rings (SSSR count). The summed E-state index contributed by atoms with van der Waals surface area (Å²) in [4.78, 5) is 1.03. The monoisotopic (exact) mass is 296 g/mol. The Hall–Kier alpha value is -1.55. The van der Waals surface area contributed by atoms with Gasteiger partial charge in [-0.1, -0.05) is 42.1 Å². The third-order valence-corrected chi connectivity index (χ3v) is 5.49. The van der Waals surface area contributed by atoms with Crippen LogP contribution in [-0.4, -0.2) is 11.7 Å². The standard InChI is InChI=1S/C17H12OS2/c18-10-15-16-11(6-8-19-15)3-1-5-13-14(16)9-12-4-2-7-20-17(12)13/h1-9,18H,10H2. The minimum absolute atomic E-state index is 0.0894. The molecule has 98 valence electrons. The van der Waals surface area contributed by atoms with Crippen molar-refractivity contribution in [2.75, 3.05) is 6.61 Å². The molecule has 0 atom stereocenters. The second kappa shape index (κ2) is 4.77. The summed E-state index contributed by atoms with van der Waals surface area (Å²) in [5.41, 5.74) is 1.18. The maximum Gasteiger partial charge on any atom is 0.0750 e. The van der Waals surface area contributed by atoms with Crippen LogP contribution in [0.4, 0.5) is 0 Å². The lowest BCUT2D eigenvalue weighted by Gasteiger charge is -2.07. The van der Waals surface area contributed by atoms with Crippen molar-refractivity contribution in [3.05, 3.63) is 58.0 Å². The Bertz CT molecular complexity index is 919. The molecule has 3 aromatic rings. The zero-order valence-corrected chi connectivity index (χ0v) is 12.3. The second-order valence-corrected chi connectivity index (χ2v) is 6.64. The Morgan fingerprint density at radius 2 is 2.00 bits per heavy atom. The first-order valence-corrected chi connectivity index (χ1v) is 8.21. The van der Waals surface area contributed by atoms with Crippen LogP contribution in [0.1, 0.15) is 5.56 Å². The van der Waals surface area contributed by atoms with E-state index in [1.807, 2.05) is 5.41 Å². The van der Waals surface area contributed by atoms with Gasteiger partial charge in [0.15, 0.2) is 0 Å². The summed E-state index contributed by atoms with van der Waals surface area (Å²) in [5.74, 6) is 0. The van der Waals surface area contributed by atoms with Gasteiger partial charge in [0.1, 0.15) is 0 Å². The van der Waals surface area contributed by atoms with Crippen molar-refractivity contribution in [1.29, 1.82) is 0 Å². The van der Waals surface area contributed by atoms with E-state index >= 15 is 0 Å². The van der Waals surface area contributed by atoms with Crippen molar-refractivity contribution < 1.29 is 5.11 Å². The van der Waals surface area contributed by atoms with Crippen molar-refractivity contribution in [2.24, 2.45) is 0 Å². The molecule has 0 radical (unpaired) electrons. The van der Waals surface area contributed by atoms with E-state index in [0.29, 0.717) is 0 Å². The molecule has 0 spiro atoms. The van der Waals surface area contributed by atoms with Gasteiger partial charge < -0.3 is 5.11 Å². The summed E-state index contributed by atoms with van der Waals surface area (Å²) >= 11 is 3.39. The van der Waals surface area contributed by atoms with E-state index in [1.54, 1.807) is 23.1 Å². The van der Waals surface area contributed by atoms with Crippen molar-refractivity contribution >= 4 is 54.9 Å². The molecule has 0 saturated heterocycles. The molecule has 0 saturated carbocycles. The van der Waals surface area contributed by atoms with Crippen LogP contribution in [-0.2, 0) is 0 Å². The Balaban J connectivity index is 2.32. The molecule has 0 bridgehead atoms. The van der Waals surface area contributed by atoms with Gasteiger partial charge in [-0.15, -0.1) is 11.3 Å². The zero-order valence-electron chi connectivity index (χ0n) is 10.7. The van der Waals surface area contributed by atoms with Crippen LogP contribution in [0.2, 0.25) is 0 Å². The van der Waals surface area contributed by atoms with E-state index in [4.69, 9.17) is 0 Å². The first-order chi connectivity index (χ1) is 9.88. The van der Waals surface area contributed by atoms with Gasteiger partial charge in [0, 0.05) is 20.2 Å². The van der Waals surface area contributed by atoms with Gasteiger partial charge in [-0.2, -0.15) is 0 Å². The van der Waals surface area contributed by atoms with Gasteiger partial charge in [0.2, 0.25) is 0 Å². The lowest BCUT2D eigenvalue weighted by molar-refractivity contribution is 0.353. The van der Waals surface area contributed by atoms with Crippen LogP contribution in [0.5, 0.6) is 0 Å². The molecule has 0 unspecified atom stereocenters. The fourth-order valence-electron chi connectivity index (χ4n) is 2.76. The molecule has 0 aliphatic carbocycles. The summed E-state index contributed by atoms with van der Waals surface area (Å²) in [7, 11) is 0. The van der Waals surface area contributed by atoms with E-state index in [-0.39, 0.29) is 6.61 Å². The van der Waals surface area contributed by atoms with E-state index in [1.165, 1.54) is 31.6 Å². The normalized spacial score (nSPS) is 13.9. The zero-order chi connectivity index (χ0) is 13.5. The van der Waals surface area contributed by atoms with Crippen molar-refractivity contribution in [3.8, 4) is 0 Å². The fourth-order valence-corrected chi connectivity index (χ4v) is 4.42. The van der Waals surface area contributed by atoms with Crippen molar-refractivity contribution in [3.63, 3.8) is 0 Å². The third-order valence-electron chi connectivity index (χ3n) is 3.61. The van der Waals surface area contributed by atoms with Crippen LogP contribution in [0.15, 0.2) is 47.2 Å². The minimum atomic E-state index is 0.0894. The molecule has 20 heavy (non-hydrogen) atoms. The second-order valence-electron chi connectivity index (χ2n) is 4.73. The number of hydrogen-bond donors (Lipinski definition) is 1. The molecule has 3 heteroatoms. The molecule has 1 aliphatic heterocycles. The Labute approximate surface area is 124 Å². The third kappa shape index (κ3) is 1.74. The van der Waals surface area contributed by atoms with Gasteiger partial charge in [-0.3, -0.25) is 0 Å². The van der Waals surface area contributed by atoms with Gasteiger partial charge in [-0.25, -0.2) is 0 Å². The van der Waals surface area contributed by atoms with Gasteiger partial charge in [0.05, 0.1) is 6.61 Å². The summed E-state index contributed by atoms with van der Waals surface area (Å²) in [5, 5.41) is 18.8. The number of thioether (sulfide) groups is 1. The van der Waals surface area contributed by atoms with Crippen LogP contribution >= 0.6 is 23.1 Å². The van der Waals surface area contributed by atoms with E-state index in [2.05, 4.69) is 47.9 Å². The maximum atomic E-state index is 9.66. The predicted octanol–water partition coefficient (Wildman–Crippen LogP) is 4.15. The number of aliphatic hydroxyl groups excluding tert-OH is 1.